The van der Waals surface area contributed by atoms with Gasteiger partial charge in [-0.3, -0.25) is 4.79 Å². The summed E-state index contributed by atoms with van der Waals surface area (Å²) < 4.78 is 26.7. The Labute approximate surface area is 89.0 Å². The molecule has 1 aromatic heterocycles. The maximum absolute atomic E-state index is 13.5. The predicted octanol–water partition coefficient (Wildman–Crippen LogP) is 3.51. The Kier molecular flexibility index (Phi) is 2.60. The van der Waals surface area contributed by atoms with Gasteiger partial charge in [-0.2, -0.15) is 11.3 Å². The van der Waals surface area contributed by atoms with E-state index in [-0.39, 0.29) is 11.1 Å². The van der Waals surface area contributed by atoms with Gasteiger partial charge in [-0.05, 0) is 28.5 Å². The predicted molar refractivity (Wildman–Crippen MR) is 55.1 cm³/mol. The molecule has 1 aromatic carbocycles. The maximum Gasteiger partial charge on any atom is 0.169 e. The Balaban J connectivity index is 2.61. The van der Waals surface area contributed by atoms with E-state index in [4.69, 9.17) is 0 Å². The lowest BCUT2D eigenvalue weighted by molar-refractivity contribution is 0.111. The highest BCUT2D eigenvalue weighted by molar-refractivity contribution is 7.08. The second-order valence-corrected chi connectivity index (χ2v) is 3.74. The van der Waals surface area contributed by atoms with Crippen molar-refractivity contribution in [2.75, 3.05) is 0 Å². The van der Waals surface area contributed by atoms with Crippen LogP contribution in [0.25, 0.3) is 11.1 Å². The molecule has 1 heterocycles. The van der Waals surface area contributed by atoms with Crippen LogP contribution in [0.1, 0.15) is 10.4 Å². The number of halogens is 2. The van der Waals surface area contributed by atoms with Crippen molar-refractivity contribution >= 4 is 17.6 Å². The van der Waals surface area contributed by atoms with Gasteiger partial charge in [0.05, 0.1) is 5.56 Å². The Bertz CT molecular complexity index is 492. The molecule has 0 N–H and O–H groups in total. The lowest BCUT2D eigenvalue weighted by Crippen LogP contribution is -1.94. The molecule has 0 atom stereocenters. The van der Waals surface area contributed by atoms with E-state index in [1.165, 1.54) is 23.5 Å². The second-order valence-electron chi connectivity index (χ2n) is 2.96. The lowest BCUT2D eigenvalue weighted by Gasteiger charge is -2.02. The van der Waals surface area contributed by atoms with Crippen molar-refractivity contribution in [1.29, 1.82) is 0 Å². The molecular weight excluding hydrogens is 218 g/mol. The molecule has 0 fully saturated rings. The maximum atomic E-state index is 13.5. The topological polar surface area (TPSA) is 17.1 Å². The standard InChI is InChI=1S/C11H6F2OS/c12-10-7(5-14)1-2-9(11(10)13)8-3-4-15-6-8/h1-6H. The molecule has 0 aliphatic heterocycles. The smallest absolute Gasteiger partial charge is 0.169 e. The molecule has 2 aromatic rings. The van der Waals surface area contributed by atoms with E-state index in [0.717, 1.165) is 0 Å². The Morgan fingerprint density at radius 1 is 1.13 bits per heavy atom. The van der Waals surface area contributed by atoms with Gasteiger partial charge in [0.1, 0.15) is 0 Å². The molecule has 0 amide bonds. The third kappa shape index (κ3) is 1.68. The largest absolute Gasteiger partial charge is 0.298 e. The van der Waals surface area contributed by atoms with Gasteiger partial charge in [-0.25, -0.2) is 8.78 Å². The molecule has 0 radical (unpaired) electrons. The number of thiophene rings is 1. The minimum Gasteiger partial charge on any atom is -0.298 e. The molecule has 0 spiro atoms. The summed E-state index contributed by atoms with van der Waals surface area (Å²) >= 11 is 1.40. The van der Waals surface area contributed by atoms with Crippen molar-refractivity contribution in [3.8, 4) is 11.1 Å². The highest BCUT2D eigenvalue weighted by Gasteiger charge is 2.14. The molecule has 0 bridgehead atoms. The zero-order valence-electron chi connectivity index (χ0n) is 7.54. The van der Waals surface area contributed by atoms with Gasteiger partial charge in [0.2, 0.25) is 0 Å². The van der Waals surface area contributed by atoms with Crippen molar-refractivity contribution < 1.29 is 13.6 Å². The summed E-state index contributed by atoms with van der Waals surface area (Å²) in [5.41, 5.74) is 0.541. The van der Waals surface area contributed by atoms with Crippen LogP contribution in [-0.4, -0.2) is 6.29 Å². The van der Waals surface area contributed by atoms with Gasteiger partial charge in [0, 0.05) is 5.56 Å². The Morgan fingerprint density at radius 2 is 1.93 bits per heavy atom. The Morgan fingerprint density at radius 3 is 2.53 bits per heavy atom. The number of hydrogen-bond acceptors (Lipinski definition) is 2. The van der Waals surface area contributed by atoms with Crippen LogP contribution in [0.2, 0.25) is 0 Å². The second kappa shape index (κ2) is 3.90. The third-order valence-corrected chi connectivity index (χ3v) is 2.75. The van der Waals surface area contributed by atoms with E-state index in [0.29, 0.717) is 11.8 Å². The van der Waals surface area contributed by atoms with E-state index < -0.39 is 11.6 Å². The van der Waals surface area contributed by atoms with Crippen molar-refractivity contribution in [2.45, 2.75) is 0 Å². The quantitative estimate of drug-likeness (QED) is 0.713. The first kappa shape index (κ1) is 9.98. The summed E-state index contributed by atoms with van der Waals surface area (Å²) in [7, 11) is 0. The van der Waals surface area contributed by atoms with E-state index in [1.54, 1.807) is 16.8 Å². The van der Waals surface area contributed by atoms with Crippen LogP contribution in [0.4, 0.5) is 8.78 Å². The molecule has 15 heavy (non-hydrogen) atoms. The van der Waals surface area contributed by atoms with E-state index in [9.17, 15) is 13.6 Å². The average molecular weight is 224 g/mol. The number of carbonyl (C=O) groups is 1. The van der Waals surface area contributed by atoms with Crippen molar-refractivity contribution in [3.63, 3.8) is 0 Å². The molecule has 0 saturated carbocycles. The number of carbonyl (C=O) groups excluding carboxylic acids is 1. The summed E-state index contributed by atoms with van der Waals surface area (Å²) in [5.74, 6) is -2.06. The number of rotatable bonds is 2. The van der Waals surface area contributed by atoms with Gasteiger partial charge in [0.25, 0.3) is 0 Å². The first-order chi connectivity index (χ1) is 7.24. The molecule has 76 valence electrons. The van der Waals surface area contributed by atoms with Crippen LogP contribution >= 0.6 is 11.3 Å². The van der Waals surface area contributed by atoms with E-state index in [1.807, 2.05) is 0 Å². The van der Waals surface area contributed by atoms with Crippen LogP contribution in [0.3, 0.4) is 0 Å². The zero-order valence-corrected chi connectivity index (χ0v) is 8.35. The monoisotopic (exact) mass is 224 g/mol. The molecule has 4 heteroatoms. The minimum absolute atomic E-state index is 0.180. The SMILES string of the molecule is O=Cc1ccc(-c2ccsc2)c(F)c1F. The fourth-order valence-corrected chi connectivity index (χ4v) is 1.95. The zero-order chi connectivity index (χ0) is 10.8. The summed E-state index contributed by atoms with van der Waals surface area (Å²) in [6, 6.07) is 4.38. The lowest BCUT2D eigenvalue weighted by atomic mass is 10.1. The summed E-state index contributed by atoms with van der Waals surface area (Å²) in [4.78, 5) is 10.4. The van der Waals surface area contributed by atoms with E-state index >= 15 is 0 Å². The molecule has 2 rings (SSSR count). The summed E-state index contributed by atoms with van der Waals surface area (Å²) in [6.07, 6.45) is 0.301. The van der Waals surface area contributed by atoms with Crippen LogP contribution in [0.15, 0.2) is 29.0 Å². The van der Waals surface area contributed by atoms with Gasteiger partial charge >= 0.3 is 0 Å². The molecule has 0 unspecified atom stereocenters. The van der Waals surface area contributed by atoms with Crippen LogP contribution in [0.5, 0.6) is 0 Å². The van der Waals surface area contributed by atoms with Gasteiger partial charge in [-0.15, -0.1) is 0 Å². The van der Waals surface area contributed by atoms with Crippen molar-refractivity contribution in [1.82, 2.24) is 0 Å². The number of aldehydes is 1. The molecule has 0 saturated heterocycles. The fraction of sp³-hybridized carbons (Fsp3) is 0. The normalized spacial score (nSPS) is 10.3. The van der Waals surface area contributed by atoms with Crippen molar-refractivity contribution in [3.05, 3.63) is 46.2 Å². The molecular formula is C11H6F2OS. The first-order valence-electron chi connectivity index (χ1n) is 4.20. The van der Waals surface area contributed by atoms with Crippen LogP contribution in [0, 0.1) is 11.6 Å². The summed E-state index contributed by atoms with van der Waals surface area (Å²) in [6.45, 7) is 0. The number of benzene rings is 1. The minimum atomic E-state index is -1.09. The Hall–Kier alpha value is -1.55. The van der Waals surface area contributed by atoms with Gasteiger partial charge in [-0.1, -0.05) is 6.07 Å². The van der Waals surface area contributed by atoms with Crippen LogP contribution in [-0.2, 0) is 0 Å². The molecule has 0 aliphatic rings. The molecule has 1 nitrogen and oxygen atoms in total. The third-order valence-electron chi connectivity index (χ3n) is 2.07. The summed E-state index contributed by atoms with van der Waals surface area (Å²) in [5, 5.41) is 3.50. The average Bonchev–Trinajstić information content (AvgIpc) is 2.75. The van der Waals surface area contributed by atoms with Crippen molar-refractivity contribution in [2.24, 2.45) is 0 Å². The van der Waals surface area contributed by atoms with E-state index in [2.05, 4.69) is 0 Å². The highest BCUT2D eigenvalue weighted by atomic mass is 32.1. The fourth-order valence-electron chi connectivity index (χ4n) is 1.30. The highest BCUT2D eigenvalue weighted by Crippen LogP contribution is 2.27. The van der Waals surface area contributed by atoms with Gasteiger partial charge in [0.15, 0.2) is 17.9 Å². The molecule has 0 aliphatic carbocycles. The van der Waals surface area contributed by atoms with Gasteiger partial charge < -0.3 is 0 Å². The first-order valence-corrected chi connectivity index (χ1v) is 5.14. The van der Waals surface area contributed by atoms with Crippen LogP contribution < -0.4 is 0 Å². The number of hydrogen-bond donors (Lipinski definition) is 0.